The highest BCUT2D eigenvalue weighted by atomic mass is 16.5. The van der Waals surface area contributed by atoms with Crippen molar-refractivity contribution in [3.05, 3.63) is 46.5 Å². The molecule has 25 heavy (non-hydrogen) atoms. The van der Waals surface area contributed by atoms with Gasteiger partial charge in [-0.3, -0.25) is 4.90 Å². The van der Waals surface area contributed by atoms with Gasteiger partial charge >= 0.3 is 0 Å². The largest absolute Gasteiger partial charge is 0.497 e. The summed E-state index contributed by atoms with van der Waals surface area (Å²) in [6, 6.07) is 4.02. The van der Waals surface area contributed by atoms with Gasteiger partial charge in [0.25, 0.3) is 0 Å². The number of hydrogen-bond acceptors (Lipinski definition) is 5. The lowest BCUT2D eigenvalue weighted by Gasteiger charge is -2.29. The molecular weight excluding hydrogens is 314 g/mol. The van der Waals surface area contributed by atoms with Crippen molar-refractivity contribution in [1.29, 1.82) is 0 Å². The first-order chi connectivity index (χ1) is 12.1. The fraction of sp³-hybridized carbons (Fsp3) is 0.500. The number of aryl methyl sites for hydroxylation is 2. The fourth-order valence-electron chi connectivity index (χ4n) is 3.37. The van der Waals surface area contributed by atoms with Crippen LogP contribution in [0, 0.1) is 6.92 Å². The molecule has 0 N–H and O–H groups in total. The van der Waals surface area contributed by atoms with E-state index in [0.29, 0.717) is 0 Å². The van der Waals surface area contributed by atoms with Crippen molar-refractivity contribution in [2.24, 2.45) is 0 Å². The van der Waals surface area contributed by atoms with Gasteiger partial charge in [-0.1, -0.05) is 6.92 Å². The maximum absolute atomic E-state index is 5.59. The molecule has 5 heteroatoms. The first-order valence-electron chi connectivity index (χ1n) is 8.92. The average Bonchev–Trinajstić information content (AvgIpc) is 2.63. The van der Waals surface area contributed by atoms with Gasteiger partial charge in [0.05, 0.1) is 14.2 Å². The van der Waals surface area contributed by atoms with Crippen molar-refractivity contribution in [3.8, 4) is 11.5 Å². The molecule has 5 nitrogen and oxygen atoms in total. The summed E-state index contributed by atoms with van der Waals surface area (Å²) in [5.74, 6) is 2.69. The van der Waals surface area contributed by atoms with E-state index in [9.17, 15) is 0 Å². The van der Waals surface area contributed by atoms with E-state index >= 15 is 0 Å². The number of benzene rings is 1. The molecule has 0 atom stereocenters. The number of hydrogen-bond donors (Lipinski definition) is 0. The molecule has 1 aliphatic heterocycles. The second-order valence-corrected chi connectivity index (χ2v) is 6.59. The van der Waals surface area contributed by atoms with Gasteiger partial charge in [0, 0.05) is 61.6 Å². The molecule has 3 rings (SSSR count). The van der Waals surface area contributed by atoms with Crippen molar-refractivity contribution in [1.82, 2.24) is 14.9 Å². The molecule has 1 aromatic heterocycles. The van der Waals surface area contributed by atoms with Gasteiger partial charge in [0.1, 0.15) is 17.3 Å². The standard InChI is InChI=1S/C20H27N3O2/c1-5-6-20-21-11-15-12-23(8-7-18(15)22-20)13-17-14(2)9-16(24-3)10-19(17)25-4/h9-11H,5-8,12-13H2,1-4H3. The lowest BCUT2D eigenvalue weighted by atomic mass is 10.0. The van der Waals surface area contributed by atoms with Crippen molar-refractivity contribution in [2.75, 3.05) is 20.8 Å². The Morgan fingerprint density at radius 1 is 1.20 bits per heavy atom. The second-order valence-electron chi connectivity index (χ2n) is 6.59. The molecule has 0 fully saturated rings. The molecular formula is C20H27N3O2. The van der Waals surface area contributed by atoms with Crippen LogP contribution < -0.4 is 9.47 Å². The van der Waals surface area contributed by atoms with Crippen LogP contribution in [0.5, 0.6) is 11.5 Å². The van der Waals surface area contributed by atoms with Crippen LogP contribution in [-0.2, 0) is 25.9 Å². The van der Waals surface area contributed by atoms with Gasteiger partial charge in [-0.25, -0.2) is 9.97 Å². The van der Waals surface area contributed by atoms with Crippen LogP contribution >= 0.6 is 0 Å². The molecule has 0 saturated heterocycles. The summed E-state index contributed by atoms with van der Waals surface area (Å²) in [6.45, 7) is 7.02. The number of rotatable bonds is 6. The Bertz CT molecular complexity index is 746. The van der Waals surface area contributed by atoms with Gasteiger partial charge in [-0.2, -0.15) is 0 Å². The highest BCUT2D eigenvalue weighted by Crippen LogP contribution is 2.30. The Labute approximate surface area is 150 Å². The summed E-state index contributed by atoms with van der Waals surface area (Å²) in [5, 5.41) is 0. The third-order valence-corrected chi connectivity index (χ3v) is 4.78. The lowest BCUT2D eigenvalue weighted by Crippen LogP contribution is -2.31. The molecule has 2 heterocycles. The Morgan fingerprint density at radius 2 is 2.04 bits per heavy atom. The predicted molar refractivity (Wildman–Crippen MR) is 98.1 cm³/mol. The number of methoxy groups -OCH3 is 2. The second kappa shape index (κ2) is 7.83. The predicted octanol–water partition coefficient (Wildman–Crippen LogP) is 3.31. The van der Waals surface area contributed by atoms with E-state index in [1.54, 1.807) is 14.2 Å². The molecule has 0 unspecified atom stereocenters. The van der Waals surface area contributed by atoms with Crippen LogP contribution in [0.4, 0.5) is 0 Å². The maximum Gasteiger partial charge on any atom is 0.128 e. The Hall–Kier alpha value is -2.14. The van der Waals surface area contributed by atoms with Gasteiger partial charge in [0.2, 0.25) is 0 Å². The minimum atomic E-state index is 0.832. The molecule has 0 radical (unpaired) electrons. The van der Waals surface area contributed by atoms with Crippen LogP contribution in [0.15, 0.2) is 18.3 Å². The van der Waals surface area contributed by atoms with E-state index in [4.69, 9.17) is 14.5 Å². The van der Waals surface area contributed by atoms with E-state index in [1.165, 1.54) is 22.4 Å². The molecule has 1 aromatic carbocycles. The van der Waals surface area contributed by atoms with Gasteiger partial charge < -0.3 is 9.47 Å². The minimum absolute atomic E-state index is 0.832. The van der Waals surface area contributed by atoms with Crippen molar-refractivity contribution < 1.29 is 9.47 Å². The third-order valence-electron chi connectivity index (χ3n) is 4.78. The summed E-state index contributed by atoms with van der Waals surface area (Å²) in [5.41, 5.74) is 4.87. The zero-order valence-electron chi connectivity index (χ0n) is 15.6. The van der Waals surface area contributed by atoms with Crippen LogP contribution in [0.25, 0.3) is 0 Å². The zero-order valence-corrected chi connectivity index (χ0v) is 15.6. The number of aromatic nitrogens is 2. The highest BCUT2D eigenvalue weighted by molar-refractivity contribution is 5.46. The van der Waals surface area contributed by atoms with E-state index in [-0.39, 0.29) is 0 Å². The third kappa shape index (κ3) is 3.93. The SMILES string of the molecule is CCCc1ncc2c(n1)CCN(Cc1c(C)cc(OC)cc1OC)C2. The Kier molecular flexibility index (Phi) is 5.53. The van der Waals surface area contributed by atoms with Crippen molar-refractivity contribution >= 4 is 0 Å². The van der Waals surface area contributed by atoms with E-state index < -0.39 is 0 Å². The smallest absolute Gasteiger partial charge is 0.128 e. The molecule has 2 aromatic rings. The Morgan fingerprint density at radius 3 is 2.76 bits per heavy atom. The van der Waals surface area contributed by atoms with Crippen LogP contribution in [0.3, 0.4) is 0 Å². The Balaban J connectivity index is 1.77. The molecule has 134 valence electrons. The van der Waals surface area contributed by atoms with Crippen LogP contribution in [-0.4, -0.2) is 35.6 Å². The van der Waals surface area contributed by atoms with Crippen LogP contribution in [0.1, 0.15) is 41.6 Å². The summed E-state index contributed by atoms with van der Waals surface area (Å²) in [4.78, 5) is 11.7. The topological polar surface area (TPSA) is 47.5 Å². The zero-order chi connectivity index (χ0) is 17.8. The molecule has 0 spiro atoms. The van der Waals surface area contributed by atoms with Crippen molar-refractivity contribution in [2.45, 2.75) is 46.2 Å². The quantitative estimate of drug-likeness (QED) is 0.807. The van der Waals surface area contributed by atoms with Crippen LogP contribution in [0.2, 0.25) is 0 Å². The van der Waals surface area contributed by atoms with Gasteiger partial charge in [-0.05, 0) is 25.0 Å². The van der Waals surface area contributed by atoms with Gasteiger partial charge in [-0.15, -0.1) is 0 Å². The first-order valence-corrected chi connectivity index (χ1v) is 8.92. The number of nitrogens with zero attached hydrogens (tertiary/aromatic N) is 3. The molecule has 0 amide bonds. The lowest BCUT2D eigenvalue weighted by molar-refractivity contribution is 0.238. The fourth-order valence-corrected chi connectivity index (χ4v) is 3.37. The summed E-state index contributed by atoms with van der Waals surface area (Å²) >= 11 is 0. The normalized spacial score (nSPS) is 14.2. The molecule has 0 saturated carbocycles. The average molecular weight is 341 g/mol. The van der Waals surface area contributed by atoms with Gasteiger partial charge in [0.15, 0.2) is 0 Å². The first kappa shape index (κ1) is 17.7. The van der Waals surface area contributed by atoms with E-state index in [1.807, 2.05) is 12.3 Å². The monoisotopic (exact) mass is 341 g/mol. The minimum Gasteiger partial charge on any atom is -0.497 e. The maximum atomic E-state index is 5.59. The van der Waals surface area contributed by atoms with Crippen molar-refractivity contribution in [3.63, 3.8) is 0 Å². The summed E-state index contributed by atoms with van der Waals surface area (Å²) < 4.78 is 10.9. The van der Waals surface area contributed by atoms with E-state index in [2.05, 4.69) is 29.8 Å². The molecule has 0 bridgehead atoms. The van der Waals surface area contributed by atoms with E-state index in [0.717, 1.165) is 56.2 Å². The summed E-state index contributed by atoms with van der Waals surface area (Å²) in [6.07, 6.45) is 5.03. The number of ether oxygens (including phenoxy) is 2. The summed E-state index contributed by atoms with van der Waals surface area (Å²) in [7, 11) is 3.40. The molecule has 1 aliphatic rings. The highest BCUT2D eigenvalue weighted by Gasteiger charge is 2.20. The molecule has 0 aliphatic carbocycles. The number of fused-ring (bicyclic) bond motifs is 1.